The second kappa shape index (κ2) is 13.6. The highest BCUT2D eigenvalue weighted by Crippen LogP contribution is 2.15. The Morgan fingerprint density at radius 2 is 0.833 bits per heavy atom. The first kappa shape index (κ1) is 29.0. The molecule has 0 spiro atoms. The highest BCUT2D eigenvalue weighted by Gasteiger charge is 2.06. The lowest BCUT2D eigenvalue weighted by Gasteiger charge is -1.95. The Kier molecular flexibility index (Phi) is 16.5. The third-order valence-corrected chi connectivity index (χ3v) is 2.27. The first-order chi connectivity index (χ1) is 9.43. The standard InChI is InChI=1S/2C7H6O3.4CH4/c2*8-6-4-2-1-3-5(6)7(9)10;;;;/h2*1-4,8H,(H,9,10);4*1H4. The molecule has 0 aliphatic rings. The van der Waals surface area contributed by atoms with Crippen LogP contribution in [0.15, 0.2) is 48.5 Å². The van der Waals surface area contributed by atoms with Crippen molar-refractivity contribution in [2.24, 2.45) is 0 Å². The molecule has 0 aliphatic carbocycles. The van der Waals surface area contributed by atoms with E-state index in [4.69, 9.17) is 20.4 Å². The predicted molar refractivity (Wildman–Crippen MR) is 97.1 cm³/mol. The van der Waals surface area contributed by atoms with Gasteiger partial charge in [0, 0.05) is 0 Å². The van der Waals surface area contributed by atoms with Gasteiger partial charge in [0.2, 0.25) is 0 Å². The smallest absolute Gasteiger partial charge is 0.339 e. The van der Waals surface area contributed by atoms with Crippen molar-refractivity contribution in [1.82, 2.24) is 0 Å². The average molecular weight is 340 g/mol. The van der Waals surface area contributed by atoms with Crippen molar-refractivity contribution in [2.45, 2.75) is 29.7 Å². The number of rotatable bonds is 2. The summed E-state index contributed by atoms with van der Waals surface area (Å²) >= 11 is 0. The average Bonchev–Trinajstić information content (AvgIpc) is 2.40. The minimum atomic E-state index is -1.11. The van der Waals surface area contributed by atoms with Gasteiger partial charge in [-0.15, -0.1) is 0 Å². The zero-order valence-corrected chi connectivity index (χ0v) is 10.2. The van der Waals surface area contributed by atoms with Crippen LogP contribution in [-0.4, -0.2) is 32.4 Å². The third-order valence-electron chi connectivity index (χ3n) is 2.27. The first-order valence-corrected chi connectivity index (χ1v) is 5.46. The minimum Gasteiger partial charge on any atom is -0.507 e. The SMILES string of the molecule is C.C.C.C.O=C(O)c1ccccc1O.O=C(O)c1ccccc1O. The van der Waals surface area contributed by atoms with E-state index in [0.29, 0.717) is 0 Å². The monoisotopic (exact) mass is 340 g/mol. The molecule has 0 aliphatic heterocycles. The lowest BCUT2D eigenvalue weighted by molar-refractivity contribution is 0.0682. The second-order valence-corrected chi connectivity index (χ2v) is 3.64. The van der Waals surface area contributed by atoms with Crippen LogP contribution in [0.4, 0.5) is 0 Å². The summed E-state index contributed by atoms with van der Waals surface area (Å²) in [5.74, 6) is -2.62. The van der Waals surface area contributed by atoms with E-state index in [1.807, 2.05) is 0 Å². The number of hydrogen-bond acceptors (Lipinski definition) is 4. The van der Waals surface area contributed by atoms with Crippen molar-refractivity contribution in [3.8, 4) is 11.5 Å². The molecule has 0 bridgehead atoms. The quantitative estimate of drug-likeness (QED) is 0.628. The van der Waals surface area contributed by atoms with Crippen molar-refractivity contribution in [1.29, 1.82) is 0 Å². The van der Waals surface area contributed by atoms with Crippen LogP contribution in [0.5, 0.6) is 11.5 Å². The zero-order chi connectivity index (χ0) is 15.1. The van der Waals surface area contributed by atoms with E-state index in [2.05, 4.69) is 0 Å². The van der Waals surface area contributed by atoms with Crippen LogP contribution >= 0.6 is 0 Å². The largest absolute Gasteiger partial charge is 0.507 e. The van der Waals surface area contributed by atoms with Crippen LogP contribution in [0, 0.1) is 0 Å². The van der Waals surface area contributed by atoms with Crippen LogP contribution in [0.25, 0.3) is 0 Å². The fourth-order valence-electron chi connectivity index (χ4n) is 1.31. The highest BCUT2D eigenvalue weighted by atomic mass is 16.4. The summed E-state index contributed by atoms with van der Waals surface area (Å²) in [7, 11) is 0. The predicted octanol–water partition coefficient (Wildman–Crippen LogP) is 4.73. The van der Waals surface area contributed by atoms with Gasteiger partial charge in [0.05, 0.1) is 0 Å². The molecule has 0 fully saturated rings. The van der Waals surface area contributed by atoms with E-state index < -0.39 is 11.9 Å². The summed E-state index contributed by atoms with van der Waals surface area (Å²) in [6, 6.07) is 11.6. The molecule has 136 valence electrons. The Balaban J connectivity index is -0.000000143. The van der Waals surface area contributed by atoms with Gasteiger partial charge in [-0.1, -0.05) is 54.0 Å². The summed E-state index contributed by atoms with van der Waals surface area (Å²) in [5, 5.41) is 34.6. The van der Waals surface area contributed by atoms with Crippen LogP contribution in [0.2, 0.25) is 0 Å². The minimum absolute atomic E-state index is 0. The molecule has 2 aromatic carbocycles. The summed E-state index contributed by atoms with van der Waals surface area (Å²) in [4.78, 5) is 20.5. The van der Waals surface area contributed by atoms with Crippen molar-refractivity contribution >= 4 is 11.9 Å². The molecule has 2 aromatic rings. The number of phenols is 2. The number of hydrogen-bond donors (Lipinski definition) is 4. The maximum atomic E-state index is 10.3. The fourth-order valence-corrected chi connectivity index (χ4v) is 1.31. The molecule has 4 N–H and O–H groups in total. The zero-order valence-electron chi connectivity index (χ0n) is 10.2. The number of para-hydroxylation sites is 2. The Hall–Kier alpha value is -3.02. The van der Waals surface area contributed by atoms with E-state index in [0.717, 1.165) is 0 Å². The molecule has 0 saturated carbocycles. The normalized spacial score (nSPS) is 7.67. The van der Waals surface area contributed by atoms with Crippen LogP contribution in [0.1, 0.15) is 50.4 Å². The van der Waals surface area contributed by atoms with Gasteiger partial charge in [-0.25, -0.2) is 9.59 Å². The maximum absolute atomic E-state index is 10.3. The van der Waals surface area contributed by atoms with E-state index >= 15 is 0 Å². The topological polar surface area (TPSA) is 115 Å². The lowest BCUT2D eigenvalue weighted by Crippen LogP contribution is -1.95. The Bertz CT molecular complexity index is 567. The highest BCUT2D eigenvalue weighted by molar-refractivity contribution is 5.91. The van der Waals surface area contributed by atoms with Gasteiger partial charge in [-0.3, -0.25) is 0 Å². The number of carbonyl (C=O) groups is 2. The number of carboxylic acid groups (broad SMARTS) is 2. The maximum Gasteiger partial charge on any atom is 0.339 e. The van der Waals surface area contributed by atoms with E-state index in [1.54, 1.807) is 24.3 Å². The Morgan fingerprint density at radius 3 is 1.00 bits per heavy atom. The van der Waals surface area contributed by atoms with Gasteiger partial charge < -0.3 is 20.4 Å². The summed E-state index contributed by atoms with van der Waals surface area (Å²) in [5.41, 5.74) is -0.134. The molecule has 24 heavy (non-hydrogen) atoms. The number of aromatic hydroxyl groups is 2. The van der Waals surface area contributed by atoms with E-state index in [9.17, 15) is 9.59 Å². The first-order valence-electron chi connectivity index (χ1n) is 5.46. The summed E-state index contributed by atoms with van der Waals surface area (Å²) in [6.07, 6.45) is 0. The van der Waals surface area contributed by atoms with Crippen molar-refractivity contribution in [2.75, 3.05) is 0 Å². The molecule has 0 heterocycles. The van der Waals surface area contributed by atoms with Crippen LogP contribution in [-0.2, 0) is 0 Å². The number of aromatic carboxylic acids is 2. The molecule has 0 radical (unpaired) electrons. The van der Waals surface area contributed by atoms with Gasteiger partial charge in [0.25, 0.3) is 0 Å². The summed E-state index contributed by atoms with van der Waals surface area (Å²) in [6.45, 7) is 0. The van der Waals surface area contributed by atoms with Crippen LogP contribution in [0.3, 0.4) is 0 Å². The van der Waals surface area contributed by atoms with E-state index in [-0.39, 0.29) is 52.3 Å². The van der Waals surface area contributed by atoms with Gasteiger partial charge in [0.1, 0.15) is 22.6 Å². The van der Waals surface area contributed by atoms with Gasteiger partial charge in [0.15, 0.2) is 0 Å². The molecule has 0 saturated heterocycles. The van der Waals surface area contributed by atoms with E-state index in [1.165, 1.54) is 24.3 Å². The van der Waals surface area contributed by atoms with Gasteiger partial charge in [-0.2, -0.15) is 0 Å². The van der Waals surface area contributed by atoms with Crippen molar-refractivity contribution in [3.63, 3.8) is 0 Å². The third kappa shape index (κ3) is 8.43. The lowest BCUT2D eigenvalue weighted by atomic mass is 10.2. The van der Waals surface area contributed by atoms with Crippen LogP contribution < -0.4 is 0 Å². The molecule has 6 heteroatoms. The van der Waals surface area contributed by atoms with Crippen molar-refractivity contribution in [3.05, 3.63) is 59.7 Å². The van der Waals surface area contributed by atoms with Gasteiger partial charge >= 0.3 is 11.9 Å². The number of benzene rings is 2. The Morgan fingerprint density at radius 1 is 0.583 bits per heavy atom. The van der Waals surface area contributed by atoms with Crippen molar-refractivity contribution < 1.29 is 30.0 Å². The molecule has 0 unspecified atom stereocenters. The molecule has 0 atom stereocenters. The molecule has 0 amide bonds. The molecule has 2 rings (SSSR count). The second-order valence-electron chi connectivity index (χ2n) is 3.64. The molecule has 0 aromatic heterocycles. The summed E-state index contributed by atoms with van der Waals surface area (Å²) < 4.78 is 0. The Labute approximate surface area is 143 Å². The molecular formula is C18H28O6. The fraction of sp³-hybridized carbons (Fsp3) is 0.222. The number of carboxylic acids is 2. The molecular weight excluding hydrogens is 312 g/mol. The van der Waals surface area contributed by atoms with Gasteiger partial charge in [-0.05, 0) is 24.3 Å². The molecule has 6 nitrogen and oxygen atoms in total.